The van der Waals surface area contributed by atoms with Crippen LogP contribution in [0.25, 0.3) is 10.9 Å². The van der Waals surface area contributed by atoms with Crippen LogP contribution in [-0.2, 0) is 15.8 Å². The minimum atomic E-state index is -3.33. The zero-order chi connectivity index (χ0) is 14.9. The number of hydrogen-bond acceptors (Lipinski definition) is 4. The fourth-order valence-electron chi connectivity index (χ4n) is 2.76. The van der Waals surface area contributed by atoms with Crippen molar-refractivity contribution in [2.24, 2.45) is 0 Å². The van der Waals surface area contributed by atoms with Crippen LogP contribution in [0.3, 0.4) is 0 Å². The molecule has 1 aliphatic rings. The smallest absolute Gasteiger partial charge is 0.218 e. The minimum absolute atomic E-state index is 0. The zero-order valence-electron chi connectivity index (χ0n) is 12.4. The molecule has 1 saturated heterocycles. The molecule has 0 amide bonds. The van der Waals surface area contributed by atoms with Crippen LogP contribution >= 0.6 is 12.4 Å². The van der Waals surface area contributed by atoms with Crippen molar-refractivity contribution in [1.82, 2.24) is 14.6 Å². The summed E-state index contributed by atoms with van der Waals surface area (Å²) in [5.41, 5.74) is 1.52. The lowest BCUT2D eigenvalue weighted by molar-refractivity contribution is 0.387. The summed E-state index contributed by atoms with van der Waals surface area (Å²) in [5, 5.41) is 4.17. The Morgan fingerprint density at radius 1 is 1.32 bits per heavy atom. The molecule has 22 heavy (non-hydrogen) atoms. The van der Waals surface area contributed by atoms with E-state index in [-0.39, 0.29) is 24.2 Å². The Morgan fingerprint density at radius 3 is 2.82 bits per heavy atom. The van der Waals surface area contributed by atoms with Crippen LogP contribution in [0.2, 0.25) is 0 Å². The summed E-state index contributed by atoms with van der Waals surface area (Å²) >= 11 is 0. The Hall–Kier alpha value is -1.21. The van der Waals surface area contributed by atoms with Gasteiger partial charge in [-0.25, -0.2) is 12.7 Å². The first kappa shape index (κ1) is 17.1. The van der Waals surface area contributed by atoms with E-state index in [1.807, 2.05) is 30.3 Å². The molecule has 0 spiro atoms. The van der Waals surface area contributed by atoms with Gasteiger partial charge in [0, 0.05) is 31.2 Å². The first-order valence-corrected chi connectivity index (χ1v) is 8.68. The van der Waals surface area contributed by atoms with E-state index in [9.17, 15) is 8.42 Å². The molecule has 2 heterocycles. The fraction of sp³-hybridized carbons (Fsp3) is 0.400. The maximum absolute atomic E-state index is 12.6. The highest BCUT2D eigenvalue weighted by Gasteiger charge is 2.29. The molecule has 7 heteroatoms. The SMILES string of the molecule is CN(C1CCNC1)S(=O)(=O)Cc1cccc2cccnc12.Cl. The fourth-order valence-corrected chi connectivity index (χ4v) is 4.22. The van der Waals surface area contributed by atoms with Gasteiger partial charge in [-0.15, -0.1) is 12.4 Å². The highest BCUT2D eigenvalue weighted by atomic mass is 35.5. The van der Waals surface area contributed by atoms with Crippen molar-refractivity contribution in [2.75, 3.05) is 20.1 Å². The summed E-state index contributed by atoms with van der Waals surface area (Å²) in [4.78, 5) is 4.33. The van der Waals surface area contributed by atoms with E-state index in [1.54, 1.807) is 13.2 Å². The molecule has 2 aromatic rings. The topological polar surface area (TPSA) is 62.3 Å². The van der Waals surface area contributed by atoms with Gasteiger partial charge in [-0.05, 0) is 24.6 Å². The molecule has 1 unspecified atom stereocenters. The quantitative estimate of drug-likeness (QED) is 0.920. The molecule has 0 bridgehead atoms. The van der Waals surface area contributed by atoms with E-state index in [0.717, 1.165) is 36.0 Å². The number of fused-ring (bicyclic) bond motifs is 1. The van der Waals surface area contributed by atoms with Gasteiger partial charge in [0.2, 0.25) is 10.0 Å². The Balaban J connectivity index is 0.00000176. The maximum atomic E-state index is 12.6. The largest absolute Gasteiger partial charge is 0.315 e. The zero-order valence-corrected chi connectivity index (χ0v) is 14.0. The molecule has 120 valence electrons. The molecule has 1 fully saturated rings. The molecule has 3 rings (SSSR count). The predicted octanol–water partition coefficient (Wildman–Crippen LogP) is 1.78. The van der Waals surface area contributed by atoms with Crippen LogP contribution in [-0.4, -0.2) is 43.9 Å². The monoisotopic (exact) mass is 341 g/mol. The van der Waals surface area contributed by atoms with Crippen molar-refractivity contribution in [3.8, 4) is 0 Å². The lowest BCUT2D eigenvalue weighted by atomic mass is 10.1. The number of aromatic nitrogens is 1. The van der Waals surface area contributed by atoms with Crippen LogP contribution in [0.15, 0.2) is 36.5 Å². The van der Waals surface area contributed by atoms with Crippen LogP contribution in [0.5, 0.6) is 0 Å². The van der Waals surface area contributed by atoms with Crippen molar-refractivity contribution in [1.29, 1.82) is 0 Å². The number of benzene rings is 1. The molecule has 1 N–H and O–H groups in total. The highest BCUT2D eigenvalue weighted by Crippen LogP contribution is 2.21. The van der Waals surface area contributed by atoms with Gasteiger partial charge in [-0.3, -0.25) is 4.98 Å². The van der Waals surface area contributed by atoms with E-state index in [4.69, 9.17) is 0 Å². The first-order chi connectivity index (χ1) is 10.1. The molecule has 5 nitrogen and oxygen atoms in total. The van der Waals surface area contributed by atoms with Crippen molar-refractivity contribution in [3.05, 3.63) is 42.1 Å². The van der Waals surface area contributed by atoms with Crippen molar-refractivity contribution in [3.63, 3.8) is 0 Å². The first-order valence-electron chi connectivity index (χ1n) is 7.07. The van der Waals surface area contributed by atoms with Crippen molar-refractivity contribution in [2.45, 2.75) is 18.2 Å². The van der Waals surface area contributed by atoms with E-state index in [0.29, 0.717) is 0 Å². The third kappa shape index (κ3) is 3.41. The lowest BCUT2D eigenvalue weighted by Crippen LogP contribution is -2.39. The third-order valence-corrected chi connectivity index (χ3v) is 5.89. The van der Waals surface area contributed by atoms with Gasteiger partial charge in [-0.2, -0.15) is 0 Å². The number of para-hydroxylation sites is 1. The van der Waals surface area contributed by atoms with Crippen LogP contribution in [0.4, 0.5) is 0 Å². The summed E-state index contributed by atoms with van der Waals surface area (Å²) in [6, 6.07) is 9.53. The average molecular weight is 342 g/mol. The van der Waals surface area contributed by atoms with Crippen LogP contribution in [0.1, 0.15) is 12.0 Å². The van der Waals surface area contributed by atoms with E-state index < -0.39 is 10.0 Å². The molecule has 0 radical (unpaired) electrons. The Labute approximate surface area is 137 Å². The molecule has 1 atom stereocenters. The number of pyridine rings is 1. The number of halogens is 1. The normalized spacial score (nSPS) is 18.5. The van der Waals surface area contributed by atoms with Gasteiger partial charge in [-0.1, -0.05) is 24.3 Å². The number of sulfonamides is 1. The molecule has 1 aliphatic heterocycles. The number of nitrogens with zero attached hydrogens (tertiary/aromatic N) is 2. The number of likely N-dealkylation sites (N-methyl/N-ethyl adjacent to an activating group) is 1. The van der Waals surface area contributed by atoms with Gasteiger partial charge >= 0.3 is 0 Å². The van der Waals surface area contributed by atoms with Gasteiger partial charge in [0.15, 0.2) is 0 Å². The van der Waals surface area contributed by atoms with Gasteiger partial charge in [0.1, 0.15) is 0 Å². The number of rotatable bonds is 4. The second-order valence-corrected chi connectivity index (χ2v) is 7.44. The Bertz CT molecular complexity index is 740. The minimum Gasteiger partial charge on any atom is -0.315 e. The summed E-state index contributed by atoms with van der Waals surface area (Å²) in [7, 11) is -1.66. The summed E-state index contributed by atoms with van der Waals surface area (Å²) in [5.74, 6) is -0.00560. The highest BCUT2D eigenvalue weighted by molar-refractivity contribution is 7.88. The Kier molecular flexibility index (Phi) is 5.39. The average Bonchev–Trinajstić information content (AvgIpc) is 3.00. The molecule has 1 aromatic carbocycles. The van der Waals surface area contributed by atoms with E-state index in [2.05, 4.69) is 10.3 Å². The molecule has 0 saturated carbocycles. The van der Waals surface area contributed by atoms with Crippen molar-refractivity contribution < 1.29 is 8.42 Å². The number of hydrogen-bond donors (Lipinski definition) is 1. The molecule has 0 aliphatic carbocycles. The second-order valence-electron chi connectivity index (χ2n) is 5.41. The predicted molar refractivity (Wildman–Crippen MR) is 90.7 cm³/mol. The summed E-state index contributed by atoms with van der Waals surface area (Å²) < 4.78 is 26.7. The third-order valence-electron chi connectivity index (χ3n) is 4.04. The standard InChI is InChI=1S/C15H19N3O2S.ClH/c1-18(14-7-9-16-10-14)21(19,20)11-13-5-2-4-12-6-3-8-17-15(12)13;/h2-6,8,14,16H,7,9-11H2,1H3;1H. The molecular weight excluding hydrogens is 322 g/mol. The summed E-state index contributed by atoms with van der Waals surface area (Å²) in [6.07, 6.45) is 2.56. The van der Waals surface area contributed by atoms with Crippen molar-refractivity contribution >= 4 is 33.3 Å². The van der Waals surface area contributed by atoms with Crippen LogP contribution in [0, 0.1) is 0 Å². The summed E-state index contributed by atoms with van der Waals surface area (Å²) in [6.45, 7) is 1.60. The van der Waals surface area contributed by atoms with Crippen LogP contribution < -0.4 is 5.32 Å². The molecule has 1 aromatic heterocycles. The van der Waals surface area contributed by atoms with Gasteiger partial charge < -0.3 is 5.32 Å². The second kappa shape index (κ2) is 6.91. The number of nitrogens with one attached hydrogen (secondary N) is 1. The lowest BCUT2D eigenvalue weighted by Gasteiger charge is -2.23. The maximum Gasteiger partial charge on any atom is 0.218 e. The Morgan fingerprint density at radius 2 is 2.09 bits per heavy atom. The van der Waals surface area contributed by atoms with E-state index in [1.165, 1.54) is 4.31 Å². The van der Waals surface area contributed by atoms with Gasteiger partial charge in [0.25, 0.3) is 0 Å². The van der Waals surface area contributed by atoms with Gasteiger partial charge in [0.05, 0.1) is 11.3 Å². The van der Waals surface area contributed by atoms with E-state index >= 15 is 0 Å². The molecular formula is C15H20ClN3O2S.